The van der Waals surface area contributed by atoms with Gasteiger partial charge in [0.15, 0.2) is 0 Å². The number of rotatable bonds is 5. The predicted molar refractivity (Wildman–Crippen MR) is 43.4 cm³/mol. The number of hydrogen-bond acceptors (Lipinski definition) is 0. The maximum absolute atomic E-state index is 10.4. The summed E-state index contributed by atoms with van der Waals surface area (Å²) in [5.41, 5.74) is 0. The van der Waals surface area contributed by atoms with E-state index in [1.54, 1.807) is 0 Å². The number of unbranched alkanes of at least 4 members (excludes halogenated alkanes) is 1. The van der Waals surface area contributed by atoms with Gasteiger partial charge in [0, 0.05) is 0 Å². The lowest BCUT2D eigenvalue weighted by molar-refractivity contribution is 0.121. The van der Waals surface area contributed by atoms with Gasteiger partial charge in [-0.15, -0.1) is 0 Å². The van der Waals surface area contributed by atoms with Crippen molar-refractivity contribution in [3.8, 4) is 0 Å². The van der Waals surface area contributed by atoms with Crippen LogP contribution in [0.2, 0.25) is 0 Å². The Labute approximate surface area is 64.5 Å². The molecular weight excluding hydrogens is 124 g/mol. The van der Waals surface area contributed by atoms with Crippen molar-refractivity contribution < 1.29 is 5.11 Å². The monoisotopic (exact) mass is 143 g/mol. The highest BCUT2D eigenvalue weighted by Crippen LogP contribution is 2.16. The molecule has 10 heavy (non-hydrogen) atoms. The molecule has 0 aliphatic rings. The first kappa shape index (κ1) is 9.96. The van der Waals surface area contributed by atoms with E-state index in [9.17, 15) is 5.11 Å². The minimum Gasteiger partial charge on any atom is -0.236 e. The van der Waals surface area contributed by atoms with Crippen LogP contribution >= 0.6 is 0 Å². The molecule has 0 rings (SSSR count). The molecule has 1 nitrogen and oxygen atoms in total. The largest absolute Gasteiger partial charge is 0.236 e. The van der Waals surface area contributed by atoms with Crippen molar-refractivity contribution >= 4 is 0 Å². The summed E-state index contributed by atoms with van der Waals surface area (Å²) in [7, 11) is 0. The quantitative estimate of drug-likeness (QED) is 0.564. The summed E-state index contributed by atoms with van der Waals surface area (Å²) in [6, 6.07) is 0. The maximum atomic E-state index is 10.4. The Balaban J connectivity index is 3.31. The third-order valence-electron chi connectivity index (χ3n) is 2.25. The van der Waals surface area contributed by atoms with Crippen molar-refractivity contribution in [1.82, 2.24) is 0 Å². The zero-order chi connectivity index (χ0) is 7.98. The average Bonchev–Trinajstić information content (AvgIpc) is 1.98. The van der Waals surface area contributed by atoms with Crippen LogP contribution in [0.5, 0.6) is 0 Å². The van der Waals surface area contributed by atoms with E-state index in [0.29, 0.717) is 11.8 Å². The molecule has 1 heteroatoms. The van der Waals surface area contributed by atoms with Crippen LogP contribution in [0.4, 0.5) is 0 Å². The van der Waals surface area contributed by atoms with Gasteiger partial charge < -0.3 is 0 Å². The third-order valence-corrected chi connectivity index (χ3v) is 2.25. The summed E-state index contributed by atoms with van der Waals surface area (Å²) >= 11 is 0. The Morgan fingerprint density at radius 2 is 1.80 bits per heavy atom. The van der Waals surface area contributed by atoms with Crippen molar-refractivity contribution in [2.45, 2.75) is 40.0 Å². The average molecular weight is 143 g/mol. The van der Waals surface area contributed by atoms with Gasteiger partial charge in [-0.25, -0.2) is 5.11 Å². The summed E-state index contributed by atoms with van der Waals surface area (Å²) in [5, 5.41) is 10.4. The normalized spacial score (nSPS) is 16.8. The Kier molecular flexibility index (Phi) is 5.70. The molecule has 0 fully saturated rings. The molecule has 0 heterocycles. The van der Waals surface area contributed by atoms with Gasteiger partial charge in [-0.1, -0.05) is 40.0 Å². The molecule has 0 bridgehead atoms. The second-order valence-electron chi connectivity index (χ2n) is 3.26. The Hall–Kier alpha value is -0.0400. The van der Waals surface area contributed by atoms with Gasteiger partial charge in [-0.2, -0.15) is 0 Å². The van der Waals surface area contributed by atoms with Crippen LogP contribution in [0.3, 0.4) is 0 Å². The van der Waals surface area contributed by atoms with Crippen molar-refractivity contribution in [3.63, 3.8) is 0 Å². The molecule has 0 aromatic rings. The first-order chi connectivity index (χ1) is 4.72. The van der Waals surface area contributed by atoms with E-state index in [4.69, 9.17) is 0 Å². The van der Waals surface area contributed by atoms with Gasteiger partial charge in [-0.3, -0.25) is 0 Å². The molecule has 0 N–H and O–H groups in total. The lowest BCUT2D eigenvalue weighted by Crippen LogP contribution is -2.10. The highest BCUT2D eigenvalue weighted by molar-refractivity contribution is 4.59. The van der Waals surface area contributed by atoms with Gasteiger partial charge >= 0.3 is 0 Å². The highest BCUT2D eigenvalue weighted by atomic mass is 16.3. The first-order valence-electron chi connectivity index (χ1n) is 4.30. The van der Waals surface area contributed by atoms with Crippen molar-refractivity contribution in [2.75, 3.05) is 6.61 Å². The molecule has 61 valence electrons. The van der Waals surface area contributed by atoms with Crippen molar-refractivity contribution in [3.05, 3.63) is 0 Å². The minimum atomic E-state index is 0.0882. The highest BCUT2D eigenvalue weighted by Gasteiger charge is 2.09. The van der Waals surface area contributed by atoms with Crippen LogP contribution < -0.4 is 0 Å². The molecule has 0 aliphatic heterocycles. The van der Waals surface area contributed by atoms with E-state index >= 15 is 0 Å². The van der Waals surface area contributed by atoms with Gasteiger partial charge in [-0.05, 0) is 11.8 Å². The zero-order valence-electron chi connectivity index (χ0n) is 7.39. The lowest BCUT2D eigenvalue weighted by atomic mass is 9.92. The molecule has 0 aromatic heterocycles. The summed E-state index contributed by atoms with van der Waals surface area (Å²) in [6.07, 6.45) is 3.74. The van der Waals surface area contributed by atoms with E-state index in [1.807, 2.05) is 6.92 Å². The van der Waals surface area contributed by atoms with Crippen molar-refractivity contribution in [2.24, 2.45) is 11.8 Å². The van der Waals surface area contributed by atoms with Crippen LogP contribution in [0.15, 0.2) is 0 Å². The van der Waals surface area contributed by atoms with Crippen molar-refractivity contribution in [1.29, 1.82) is 0 Å². The van der Waals surface area contributed by atoms with E-state index in [1.165, 1.54) is 19.3 Å². The van der Waals surface area contributed by atoms with Crippen LogP contribution in [-0.4, -0.2) is 6.61 Å². The molecule has 0 aliphatic carbocycles. The summed E-state index contributed by atoms with van der Waals surface area (Å²) in [6.45, 7) is 6.50. The first-order valence-corrected chi connectivity index (χ1v) is 4.30. The van der Waals surface area contributed by atoms with Crippen LogP contribution in [0, 0.1) is 11.8 Å². The second kappa shape index (κ2) is 5.72. The Morgan fingerprint density at radius 1 is 1.20 bits per heavy atom. The van der Waals surface area contributed by atoms with E-state index < -0.39 is 0 Å². The molecule has 0 saturated heterocycles. The van der Waals surface area contributed by atoms with E-state index in [0.717, 1.165) is 0 Å². The molecule has 1 radical (unpaired) electrons. The Bertz CT molecular complexity index is 71.1. The van der Waals surface area contributed by atoms with Gasteiger partial charge in [0.25, 0.3) is 0 Å². The van der Waals surface area contributed by atoms with E-state index in [-0.39, 0.29) is 6.61 Å². The standard InChI is InChI=1S/C9H19O/c1-4-5-6-8(2)9(3)7-10/h8-9H,4-7H2,1-3H3. The SMILES string of the molecule is CCCCC(C)C(C)C[O]. The second-order valence-corrected chi connectivity index (χ2v) is 3.26. The molecule has 0 amide bonds. The summed E-state index contributed by atoms with van der Waals surface area (Å²) in [5.74, 6) is 0.990. The van der Waals surface area contributed by atoms with Crippen LogP contribution in [-0.2, 0) is 5.11 Å². The third kappa shape index (κ3) is 3.89. The fourth-order valence-corrected chi connectivity index (χ4v) is 0.975. The summed E-state index contributed by atoms with van der Waals surface area (Å²) < 4.78 is 0. The van der Waals surface area contributed by atoms with E-state index in [2.05, 4.69) is 13.8 Å². The molecule has 0 saturated carbocycles. The fraction of sp³-hybridized carbons (Fsp3) is 1.00. The topological polar surface area (TPSA) is 19.9 Å². The molecule has 0 spiro atoms. The molecule has 0 aromatic carbocycles. The van der Waals surface area contributed by atoms with Gasteiger partial charge in [0.2, 0.25) is 0 Å². The minimum absolute atomic E-state index is 0.0882. The lowest BCUT2D eigenvalue weighted by Gasteiger charge is -2.15. The molecule has 2 unspecified atom stereocenters. The molecular formula is C9H19O. The maximum Gasteiger partial charge on any atom is 0.0850 e. The van der Waals surface area contributed by atoms with Crippen LogP contribution in [0.1, 0.15) is 40.0 Å². The number of hydrogen-bond donors (Lipinski definition) is 0. The molecule has 2 atom stereocenters. The Morgan fingerprint density at radius 3 is 2.20 bits per heavy atom. The summed E-state index contributed by atoms with van der Waals surface area (Å²) in [4.78, 5) is 0. The van der Waals surface area contributed by atoms with Gasteiger partial charge in [0.05, 0.1) is 6.61 Å². The van der Waals surface area contributed by atoms with Crippen LogP contribution in [0.25, 0.3) is 0 Å². The predicted octanol–water partition coefficient (Wildman–Crippen LogP) is 2.88. The smallest absolute Gasteiger partial charge is 0.0850 e. The van der Waals surface area contributed by atoms with Gasteiger partial charge in [0.1, 0.15) is 0 Å². The zero-order valence-corrected chi connectivity index (χ0v) is 7.39. The fourth-order valence-electron chi connectivity index (χ4n) is 0.975.